The minimum Gasteiger partial charge on any atom is -0.508 e. The van der Waals surface area contributed by atoms with E-state index in [9.17, 15) is 14.7 Å². The molecule has 0 bridgehead atoms. The van der Waals surface area contributed by atoms with E-state index in [1.165, 1.54) is 42.2 Å². The number of phenols is 1. The lowest BCUT2D eigenvalue weighted by Gasteiger charge is -2.16. The second-order valence-corrected chi connectivity index (χ2v) is 6.92. The van der Waals surface area contributed by atoms with E-state index >= 15 is 0 Å². The smallest absolute Gasteiger partial charge is 0.336 e. The van der Waals surface area contributed by atoms with E-state index in [1.54, 1.807) is 6.07 Å². The largest absolute Gasteiger partial charge is 0.508 e. The average Bonchev–Trinajstić information content (AvgIpc) is 2.65. The third-order valence-corrected chi connectivity index (χ3v) is 4.96. The molecule has 0 saturated carbocycles. The van der Waals surface area contributed by atoms with Crippen molar-refractivity contribution in [2.75, 3.05) is 0 Å². The summed E-state index contributed by atoms with van der Waals surface area (Å²) in [4.78, 5) is 24.0. The lowest BCUT2D eigenvalue weighted by atomic mass is 9.90. The molecule has 3 aromatic rings. The Kier molecular flexibility index (Phi) is 4.67. The molecule has 0 atom stereocenters. The van der Waals surface area contributed by atoms with Crippen molar-refractivity contribution >= 4 is 16.9 Å². The van der Waals surface area contributed by atoms with Crippen LogP contribution in [-0.4, -0.2) is 11.1 Å². The minimum absolute atomic E-state index is 0.00667. The summed E-state index contributed by atoms with van der Waals surface area (Å²) < 4.78 is 10.5. The van der Waals surface area contributed by atoms with Gasteiger partial charge in [0.25, 0.3) is 0 Å². The van der Waals surface area contributed by atoms with Gasteiger partial charge in [0.2, 0.25) is 0 Å². The monoisotopic (exact) mass is 364 g/mol. The predicted octanol–water partition coefficient (Wildman–Crippen LogP) is 3.66. The zero-order chi connectivity index (χ0) is 18.8. The van der Waals surface area contributed by atoms with Crippen molar-refractivity contribution in [2.45, 2.75) is 38.7 Å². The number of aromatic hydroxyl groups is 1. The van der Waals surface area contributed by atoms with Gasteiger partial charge in [-0.1, -0.05) is 18.2 Å². The van der Waals surface area contributed by atoms with E-state index in [1.807, 2.05) is 6.07 Å². The Balaban J connectivity index is 1.47. The first-order valence-electron chi connectivity index (χ1n) is 9.10. The number of aryl methyl sites for hydroxylation is 2. The molecule has 0 unspecified atom stereocenters. The SMILES string of the molecule is O=C(Cc1ccc2c(c1)CCCC2)OCc1cc(=O)oc2cc(O)ccc12. The molecule has 0 spiro atoms. The average molecular weight is 364 g/mol. The number of carbonyl (C=O) groups excluding carboxylic acids is 1. The van der Waals surface area contributed by atoms with Crippen LogP contribution in [0.15, 0.2) is 51.7 Å². The van der Waals surface area contributed by atoms with Gasteiger partial charge in [0.1, 0.15) is 17.9 Å². The second-order valence-electron chi connectivity index (χ2n) is 6.92. The van der Waals surface area contributed by atoms with Crippen LogP contribution in [0.5, 0.6) is 5.75 Å². The molecule has 1 N–H and O–H groups in total. The lowest BCUT2D eigenvalue weighted by Crippen LogP contribution is -2.11. The van der Waals surface area contributed by atoms with Crippen molar-refractivity contribution in [3.63, 3.8) is 0 Å². The number of ether oxygens (including phenoxy) is 1. The fraction of sp³-hybridized carbons (Fsp3) is 0.273. The molecule has 27 heavy (non-hydrogen) atoms. The van der Waals surface area contributed by atoms with Crippen molar-refractivity contribution < 1.29 is 19.1 Å². The summed E-state index contributed by atoms with van der Waals surface area (Å²) >= 11 is 0. The number of esters is 1. The Bertz CT molecular complexity index is 1060. The molecule has 0 saturated heterocycles. The molecule has 2 aromatic carbocycles. The molecule has 1 aliphatic carbocycles. The molecule has 1 aliphatic rings. The summed E-state index contributed by atoms with van der Waals surface area (Å²) in [5.41, 5.74) is 3.93. The van der Waals surface area contributed by atoms with E-state index in [0.29, 0.717) is 10.9 Å². The maximum atomic E-state index is 12.3. The number of hydrogen-bond donors (Lipinski definition) is 1. The highest BCUT2D eigenvalue weighted by Crippen LogP contribution is 2.24. The van der Waals surface area contributed by atoms with Gasteiger partial charge in [0, 0.05) is 23.1 Å². The molecular formula is C22H20O5. The van der Waals surface area contributed by atoms with Crippen LogP contribution >= 0.6 is 0 Å². The van der Waals surface area contributed by atoms with Crippen molar-refractivity contribution in [3.05, 3.63) is 75.1 Å². The first-order chi connectivity index (χ1) is 13.1. The molecule has 5 nitrogen and oxygen atoms in total. The van der Waals surface area contributed by atoms with Crippen LogP contribution in [0.1, 0.15) is 35.1 Å². The lowest BCUT2D eigenvalue weighted by molar-refractivity contribution is -0.144. The van der Waals surface area contributed by atoms with Gasteiger partial charge in [-0.2, -0.15) is 0 Å². The quantitative estimate of drug-likeness (QED) is 0.565. The van der Waals surface area contributed by atoms with E-state index in [2.05, 4.69) is 12.1 Å². The third kappa shape index (κ3) is 3.87. The Hall–Kier alpha value is -3.08. The Morgan fingerprint density at radius 1 is 1.04 bits per heavy atom. The number of benzene rings is 2. The topological polar surface area (TPSA) is 76.7 Å². The molecule has 0 radical (unpaired) electrons. The van der Waals surface area contributed by atoms with Gasteiger partial charge in [-0.15, -0.1) is 0 Å². The summed E-state index contributed by atoms with van der Waals surface area (Å²) in [6.07, 6.45) is 4.80. The molecule has 0 amide bonds. The van der Waals surface area contributed by atoms with Gasteiger partial charge in [0.15, 0.2) is 0 Å². The fourth-order valence-electron chi connectivity index (χ4n) is 3.61. The standard InChI is InChI=1S/C22H20O5/c23-18-7-8-19-17(11-22(25)27-20(19)12-18)13-26-21(24)10-14-5-6-15-3-1-2-4-16(15)9-14/h5-9,11-12,23H,1-4,10,13H2. The minimum atomic E-state index is -0.547. The molecule has 138 valence electrons. The van der Waals surface area contributed by atoms with Crippen molar-refractivity contribution in [3.8, 4) is 5.75 Å². The van der Waals surface area contributed by atoms with E-state index < -0.39 is 5.63 Å². The number of fused-ring (bicyclic) bond motifs is 2. The molecular weight excluding hydrogens is 344 g/mol. The van der Waals surface area contributed by atoms with Crippen LogP contribution in [0.25, 0.3) is 11.0 Å². The van der Waals surface area contributed by atoms with Gasteiger partial charge in [-0.25, -0.2) is 4.79 Å². The number of carbonyl (C=O) groups is 1. The molecule has 1 heterocycles. The van der Waals surface area contributed by atoms with Gasteiger partial charge in [-0.3, -0.25) is 4.79 Å². The number of phenolic OH excluding ortho intramolecular Hbond substituents is 1. The van der Waals surface area contributed by atoms with E-state index in [-0.39, 0.29) is 30.3 Å². The Labute approximate surface area is 156 Å². The van der Waals surface area contributed by atoms with Gasteiger partial charge in [0.05, 0.1) is 6.42 Å². The molecule has 5 heteroatoms. The van der Waals surface area contributed by atoms with Gasteiger partial charge >= 0.3 is 11.6 Å². The van der Waals surface area contributed by atoms with E-state index in [0.717, 1.165) is 18.4 Å². The highest BCUT2D eigenvalue weighted by Gasteiger charge is 2.13. The third-order valence-electron chi connectivity index (χ3n) is 4.96. The number of hydrogen-bond acceptors (Lipinski definition) is 5. The second kappa shape index (κ2) is 7.27. The van der Waals surface area contributed by atoms with Crippen LogP contribution in [0.2, 0.25) is 0 Å². The van der Waals surface area contributed by atoms with Crippen LogP contribution in [0.4, 0.5) is 0 Å². The summed E-state index contributed by atoms with van der Waals surface area (Å²) in [5, 5.41) is 10.2. The molecule has 1 aromatic heterocycles. The Morgan fingerprint density at radius 3 is 2.70 bits per heavy atom. The molecule has 0 aliphatic heterocycles. The molecule has 4 rings (SSSR count). The van der Waals surface area contributed by atoms with Crippen LogP contribution in [-0.2, 0) is 35.4 Å². The summed E-state index contributed by atoms with van der Waals surface area (Å²) in [5.74, 6) is -0.335. The summed E-state index contributed by atoms with van der Waals surface area (Å²) in [6.45, 7) is -0.0172. The molecule has 0 fully saturated rings. The highest BCUT2D eigenvalue weighted by molar-refractivity contribution is 5.81. The first kappa shape index (κ1) is 17.3. The van der Waals surface area contributed by atoms with E-state index in [4.69, 9.17) is 9.15 Å². The fourth-order valence-corrected chi connectivity index (χ4v) is 3.61. The summed E-state index contributed by atoms with van der Waals surface area (Å²) in [7, 11) is 0. The first-order valence-corrected chi connectivity index (χ1v) is 9.10. The normalized spacial score (nSPS) is 13.3. The zero-order valence-corrected chi connectivity index (χ0v) is 14.9. The highest BCUT2D eigenvalue weighted by atomic mass is 16.5. The van der Waals surface area contributed by atoms with Crippen LogP contribution in [0, 0.1) is 0 Å². The van der Waals surface area contributed by atoms with Crippen molar-refractivity contribution in [1.29, 1.82) is 0 Å². The maximum absolute atomic E-state index is 12.3. The van der Waals surface area contributed by atoms with Crippen LogP contribution in [0.3, 0.4) is 0 Å². The Morgan fingerprint density at radius 2 is 1.85 bits per heavy atom. The van der Waals surface area contributed by atoms with Crippen molar-refractivity contribution in [2.24, 2.45) is 0 Å². The number of rotatable bonds is 4. The van der Waals surface area contributed by atoms with Crippen LogP contribution < -0.4 is 5.63 Å². The zero-order valence-electron chi connectivity index (χ0n) is 14.9. The maximum Gasteiger partial charge on any atom is 0.336 e. The summed E-state index contributed by atoms with van der Waals surface area (Å²) in [6, 6.07) is 12.0. The van der Waals surface area contributed by atoms with Gasteiger partial charge in [-0.05, 0) is 54.5 Å². The predicted molar refractivity (Wildman–Crippen MR) is 101 cm³/mol. The van der Waals surface area contributed by atoms with Gasteiger partial charge < -0.3 is 14.3 Å². The van der Waals surface area contributed by atoms with Crippen molar-refractivity contribution in [1.82, 2.24) is 0 Å².